The Kier molecular flexibility index (Phi) is 11.3. The quantitative estimate of drug-likeness (QED) is 0.101. The Bertz CT molecular complexity index is 2110. The Morgan fingerprint density at radius 2 is 1.65 bits per heavy atom. The van der Waals surface area contributed by atoms with Crippen LogP contribution in [0, 0.1) is 17.5 Å². The zero-order valence-corrected chi connectivity index (χ0v) is 26.4. The fourth-order valence-corrected chi connectivity index (χ4v) is 5.51. The summed E-state index contributed by atoms with van der Waals surface area (Å²) in [5, 5.41) is 58.5. The molecule has 1 heterocycles. The van der Waals surface area contributed by atoms with Crippen LogP contribution in [0.5, 0.6) is 17.2 Å². The van der Waals surface area contributed by atoms with Crippen molar-refractivity contribution in [2.75, 3.05) is 51.0 Å². The van der Waals surface area contributed by atoms with Gasteiger partial charge in [0.2, 0.25) is 5.43 Å². The Morgan fingerprint density at radius 3 is 2.33 bits per heavy atom. The number of phenolic OH excluding ortho intramolecular Hbond substituents is 1. The third-order valence-electron chi connectivity index (χ3n) is 7.68. The average Bonchev–Trinajstić information content (AvgIpc) is 3.07. The number of nitrogens with one attached hydrogen (secondary N) is 1. The van der Waals surface area contributed by atoms with E-state index in [0.29, 0.717) is 0 Å². The van der Waals surface area contributed by atoms with Crippen molar-refractivity contribution >= 4 is 28.6 Å². The first-order chi connectivity index (χ1) is 24.4. The molecule has 0 bridgehead atoms. The minimum atomic E-state index is -1.62. The van der Waals surface area contributed by atoms with E-state index in [1.54, 1.807) is 0 Å². The lowest BCUT2D eigenvalue weighted by Gasteiger charge is -2.28. The highest BCUT2D eigenvalue weighted by molar-refractivity contribution is 6.02. The van der Waals surface area contributed by atoms with Gasteiger partial charge in [-0.3, -0.25) is 4.79 Å². The van der Waals surface area contributed by atoms with E-state index in [-0.39, 0.29) is 82.5 Å². The molecule has 16 heteroatoms. The Hall–Kier alpha value is -5.84. The van der Waals surface area contributed by atoms with Gasteiger partial charge in [0.15, 0.2) is 17.4 Å². The molecule has 0 radical (unpaired) electrons. The van der Waals surface area contributed by atoms with E-state index in [1.807, 2.05) is 0 Å². The lowest BCUT2D eigenvalue weighted by molar-refractivity contribution is -0.365. The van der Waals surface area contributed by atoms with Crippen LogP contribution in [0.1, 0.15) is 11.6 Å². The molecule has 1 aliphatic heterocycles. The number of halogens is 3. The number of fused-ring (bicyclic) bond motifs is 2. The maximum atomic E-state index is 14.7. The molecule has 0 aromatic heterocycles. The monoisotopic (exact) mass is 708 g/mol. The molecule has 268 valence electrons. The lowest BCUT2D eigenvalue weighted by atomic mass is 9.91. The van der Waals surface area contributed by atoms with E-state index in [9.17, 15) is 53.1 Å². The second-order valence-corrected chi connectivity index (χ2v) is 11.0. The molecular formula is C35H27F3N2O11-4. The SMILES string of the molecule is O=C([O-])CN(CC[O-])c1ccc(F)cc1OCCOc1cc(-c2c3cc(F)c(=O)cc-3oc3cc(O)c(F)cc23)ccc1C(NCC[O-])C(=O)[O-]. The van der Waals surface area contributed by atoms with Crippen molar-refractivity contribution in [3.63, 3.8) is 0 Å². The number of carboxylic acid groups (broad SMARTS) is 2. The summed E-state index contributed by atoms with van der Waals surface area (Å²) in [5.74, 6) is -7.19. The van der Waals surface area contributed by atoms with Gasteiger partial charge in [-0.05, 0) is 42.4 Å². The lowest BCUT2D eigenvalue weighted by Crippen LogP contribution is -2.41. The van der Waals surface area contributed by atoms with Gasteiger partial charge < -0.3 is 59.2 Å². The van der Waals surface area contributed by atoms with Gasteiger partial charge in [0, 0.05) is 46.8 Å². The molecule has 0 amide bonds. The fraction of sp³-hybridized carbons (Fsp3) is 0.229. The molecule has 2 aliphatic rings. The zero-order chi connectivity index (χ0) is 36.8. The van der Waals surface area contributed by atoms with Crippen LogP contribution in [0.2, 0.25) is 0 Å². The molecule has 0 saturated heterocycles. The molecule has 0 saturated carbocycles. The maximum absolute atomic E-state index is 14.7. The summed E-state index contributed by atoms with van der Waals surface area (Å²) >= 11 is 0. The van der Waals surface area contributed by atoms with Crippen molar-refractivity contribution in [1.29, 1.82) is 0 Å². The number of hydrogen-bond donors (Lipinski definition) is 2. The van der Waals surface area contributed by atoms with Gasteiger partial charge in [0.05, 0.1) is 30.2 Å². The number of aromatic hydroxyl groups is 1. The van der Waals surface area contributed by atoms with E-state index in [1.165, 1.54) is 24.3 Å². The number of aliphatic carboxylic acids is 2. The smallest absolute Gasteiger partial charge is 0.217 e. The predicted octanol–water partition coefficient (Wildman–Crippen LogP) is -0.197. The van der Waals surface area contributed by atoms with Crippen molar-refractivity contribution in [1.82, 2.24) is 5.32 Å². The van der Waals surface area contributed by atoms with E-state index in [4.69, 9.17) is 13.9 Å². The van der Waals surface area contributed by atoms with E-state index >= 15 is 0 Å². The minimum absolute atomic E-state index is 0.0190. The Labute approximate surface area is 286 Å². The number of nitrogens with zero attached hydrogens (tertiary/aromatic N) is 1. The predicted molar refractivity (Wildman–Crippen MR) is 166 cm³/mol. The molecule has 0 fully saturated rings. The highest BCUT2D eigenvalue weighted by Gasteiger charge is 2.24. The summed E-state index contributed by atoms with van der Waals surface area (Å²) in [7, 11) is 0. The first-order valence-electron chi connectivity index (χ1n) is 15.2. The summed E-state index contributed by atoms with van der Waals surface area (Å²) in [6.45, 7) is -3.27. The largest absolute Gasteiger partial charge is 0.854 e. The van der Waals surface area contributed by atoms with Crippen LogP contribution >= 0.6 is 0 Å². The van der Waals surface area contributed by atoms with Crippen LogP contribution in [-0.4, -0.2) is 63.1 Å². The first-order valence-corrected chi connectivity index (χ1v) is 15.2. The molecule has 1 atom stereocenters. The van der Waals surface area contributed by atoms with Gasteiger partial charge in [-0.15, -0.1) is 13.2 Å². The number of carbonyl (C=O) groups excluding carboxylic acids is 2. The number of phenols is 1. The fourth-order valence-electron chi connectivity index (χ4n) is 5.51. The number of ether oxygens (including phenoxy) is 2. The average molecular weight is 709 g/mol. The molecule has 13 nitrogen and oxygen atoms in total. The molecule has 1 aliphatic carbocycles. The van der Waals surface area contributed by atoms with Crippen molar-refractivity contribution in [2.45, 2.75) is 6.04 Å². The van der Waals surface area contributed by atoms with Crippen LogP contribution in [0.25, 0.3) is 33.4 Å². The van der Waals surface area contributed by atoms with Crippen molar-refractivity contribution in [3.8, 4) is 39.7 Å². The van der Waals surface area contributed by atoms with Crippen LogP contribution < -0.4 is 45.5 Å². The summed E-state index contributed by atoms with van der Waals surface area (Å²) in [5.41, 5.74) is -0.704. The van der Waals surface area contributed by atoms with Gasteiger partial charge in [-0.1, -0.05) is 12.1 Å². The van der Waals surface area contributed by atoms with E-state index in [2.05, 4.69) is 5.32 Å². The van der Waals surface area contributed by atoms with Crippen LogP contribution in [0.3, 0.4) is 0 Å². The highest BCUT2D eigenvalue weighted by atomic mass is 19.1. The molecule has 3 aromatic rings. The van der Waals surface area contributed by atoms with Gasteiger partial charge in [-0.2, -0.15) is 0 Å². The third kappa shape index (κ3) is 8.15. The zero-order valence-electron chi connectivity index (χ0n) is 26.4. The van der Waals surface area contributed by atoms with Crippen molar-refractivity contribution in [2.24, 2.45) is 0 Å². The molecule has 5 rings (SSSR count). The number of hydrogen-bond acceptors (Lipinski definition) is 13. The Balaban J connectivity index is 1.56. The summed E-state index contributed by atoms with van der Waals surface area (Å²) in [6, 6.07) is 9.36. The van der Waals surface area contributed by atoms with Gasteiger partial charge in [-0.25, -0.2) is 13.2 Å². The number of benzene rings is 4. The molecular weight excluding hydrogens is 681 g/mol. The summed E-state index contributed by atoms with van der Waals surface area (Å²) in [6.07, 6.45) is 0. The summed E-state index contributed by atoms with van der Waals surface area (Å²) in [4.78, 5) is 36.7. The van der Waals surface area contributed by atoms with E-state index in [0.717, 1.165) is 41.3 Å². The minimum Gasteiger partial charge on any atom is -0.854 e. The van der Waals surface area contributed by atoms with Crippen molar-refractivity contribution < 1.29 is 62.2 Å². The van der Waals surface area contributed by atoms with Crippen LogP contribution in [0.4, 0.5) is 18.9 Å². The van der Waals surface area contributed by atoms with Gasteiger partial charge in [0.1, 0.15) is 41.9 Å². The highest BCUT2D eigenvalue weighted by Crippen LogP contribution is 2.43. The third-order valence-corrected chi connectivity index (χ3v) is 7.68. The number of carbonyl (C=O) groups is 2. The maximum Gasteiger partial charge on any atom is 0.217 e. The van der Waals surface area contributed by atoms with Crippen LogP contribution in [0.15, 0.2) is 69.9 Å². The number of anilines is 1. The second-order valence-electron chi connectivity index (χ2n) is 11.0. The second kappa shape index (κ2) is 15.8. The topological polar surface area (TPSA) is 211 Å². The van der Waals surface area contributed by atoms with Crippen molar-refractivity contribution in [3.05, 3.63) is 93.9 Å². The standard InChI is InChI=1S/C35H29F3N2O11/c36-19-2-4-25(40(6-8-42)17-32(45)46)31(12-19)50-10-9-49-28-11-18(1-3-20(28)34(35(47)48)39-5-7-41)33-21-13-23(37)26(43)15-29(21)51-30-16-27(44)24(38)14-22(30)33/h1-4,11-16,34,39,43H,5-10,17H2,(H,45,46)(H,47,48)/q-2/p-2. The van der Waals surface area contributed by atoms with Gasteiger partial charge >= 0.3 is 0 Å². The molecule has 1 unspecified atom stereocenters. The molecule has 0 spiro atoms. The summed E-state index contributed by atoms with van der Waals surface area (Å²) < 4.78 is 60.8. The molecule has 2 N–H and O–H groups in total. The number of carboxylic acids is 2. The van der Waals surface area contributed by atoms with Crippen LogP contribution in [-0.2, 0) is 9.59 Å². The van der Waals surface area contributed by atoms with E-state index < -0.39 is 66.4 Å². The first kappa shape index (κ1) is 36.4. The molecule has 51 heavy (non-hydrogen) atoms. The normalized spacial score (nSPS) is 11.9. The Morgan fingerprint density at radius 1 is 0.902 bits per heavy atom. The molecule has 3 aromatic carbocycles. The van der Waals surface area contributed by atoms with Gasteiger partial charge in [0.25, 0.3) is 0 Å². The number of rotatable bonds is 16.